The van der Waals surface area contributed by atoms with Crippen LogP contribution in [0.3, 0.4) is 0 Å². The third kappa shape index (κ3) is 4.50. The van der Waals surface area contributed by atoms with Crippen molar-refractivity contribution in [1.29, 1.82) is 0 Å². The molecule has 8 heteroatoms. The summed E-state index contributed by atoms with van der Waals surface area (Å²) in [6.45, 7) is 3.11. The number of pyridine rings is 1. The van der Waals surface area contributed by atoms with Crippen LogP contribution in [-0.2, 0) is 4.74 Å². The lowest BCUT2D eigenvalue weighted by atomic mass is 9.98. The minimum Gasteiger partial charge on any atom is -0.493 e. The molecule has 37 heavy (non-hydrogen) atoms. The van der Waals surface area contributed by atoms with Gasteiger partial charge in [-0.15, -0.1) is 0 Å². The Kier molecular flexibility index (Phi) is 6.63. The lowest BCUT2D eigenvalue weighted by molar-refractivity contribution is 0.0923. The smallest absolute Gasteiger partial charge is 0.255 e. The highest BCUT2D eigenvalue weighted by Gasteiger charge is 2.27. The van der Waals surface area contributed by atoms with Gasteiger partial charge in [-0.05, 0) is 12.1 Å². The number of fused-ring (bicyclic) bond motifs is 2. The Balaban J connectivity index is 1.46. The summed E-state index contributed by atoms with van der Waals surface area (Å²) in [4.78, 5) is 20.8. The van der Waals surface area contributed by atoms with Crippen molar-refractivity contribution in [2.75, 3.05) is 37.8 Å². The quantitative estimate of drug-likeness (QED) is 0.333. The van der Waals surface area contributed by atoms with Gasteiger partial charge in [0.15, 0.2) is 0 Å². The number of anilines is 1. The van der Waals surface area contributed by atoms with Crippen LogP contribution in [0.4, 0.5) is 5.69 Å². The molecule has 6 rings (SSSR count). The van der Waals surface area contributed by atoms with Crippen LogP contribution in [0.5, 0.6) is 5.75 Å². The highest BCUT2D eigenvalue weighted by molar-refractivity contribution is 6.44. The second-order valence-electron chi connectivity index (χ2n) is 9.12. The van der Waals surface area contributed by atoms with Gasteiger partial charge in [0, 0.05) is 47.8 Å². The average molecular weight is 534 g/mol. The zero-order valence-electron chi connectivity index (χ0n) is 20.0. The Labute approximate surface area is 225 Å². The largest absolute Gasteiger partial charge is 0.493 e. The number of rotatable bonds is 4. The molecule has 6 nitrogen and oxygen atoms in total. The maximum atomic E-state index is 13.8. The summed E-state index contributed by atoms with van der Waals surface area (Å²) < 4.78 is 11.4. The van der Waals surface area contributed by atoms with E-state index >= 15 is 0 Å². The summed E-state index contributed by atoms with van der Waals surface area (Å²) in [5, 5.41) is 5.09. The number of para-hydroxylation sites is 2. The SMILES string of the molecule is O=C(N[C@H]1CCOc2ccccc21)c1cnc2c(-c3cccc(Cl)c3Cl)cccc2c1N1CCOCC1. The topological polar surface area (TPSA) is 63.7 Å². The molecular formula is C29H25Cl2N3O3. The van der Waals surface area contributed by atoms with Gasteiger partial charge in [0.1, 0.15) is 5.75 Å². The van der Waals surface area contributed by atoms with Gasteiger partial charge < -0.3 is 19.7 Å². The highest BCUT2D eigenvalue weighted by Crippen LogP contribution is 2.40. The Morgan fingerprint density at radius 2 is 1.73 bits per heavy atom. The van der Waals surface area contributed by atoms with Crippen molar-refractivity contribution >= 4 is 45.7 Å². The molecule has 3 aromatic carbocycles. The number of benzene rings is 3. The zero-order chi connectivity index (χ0) is 25.4. The van der Waals surface area contributed by atoms with Gasteiger partial charge in [0.25, 0.3) is 5.91 Å². The fourth-order valence-corrected chi connectivity index (χ4v) is 5.56. The van der Waals surface area contributed by atoms with Crippen LogP contribution in [0.1, 0.15) is 28.4 Å². The molecule has 0 bridgehead atoms. The van der Waals surface area contributed by atoms with Crippen LogP contribution in [0.25, 0.3) is 22.0 Å². The number of hydrogen-bond donors (Lipinski definition) is 1. The second-order valence-corrected chi connectivity index (χ2v) is 9.91. The van der Waals surface area contributed by atoms with Crippen molar-refractivity contribution < 1.29 is 14.3 Å². The van der Waals surface area contributed by atoms with E-state index in [2.05, 4.69) is 10.2 Å². The van der Waals surface area contributed by atoms with E-state index < -0.39 is 0 Å². The van der Waals surface area contributed by atoms with Crippen LogP contribution in [-0.4, -0.2) is 43.8 Å². The predicted molar refractivity (Wildman–Crippen MR) is 147 cm³/mol. The number of hydrogen-bond acceptors (Lipinski definition) is 5. The van der Waals surface area contributed by atoms with Gasteiger partial charge in [-0.1, -0.05) is 71.7 Å². The molecule has 1 saturated heterocycles. The molecule has 4 aromatic rings. The molecule has 0 spiro atoms. The third-order valence-corrected chi connectivity index (χ3v) is 7.77. The summed E-state index contributed by atoms with van der Waals surface area (Å²) >= 11 is 12.9. The van der Waals surface area contributed by atoms with Crippen molar-refractivity contribution in [3.8, 4) is 16.9 Å². The lowest BCUT2D eigenvalue weighted by Gasteiger charge is -2.32. The lowest BCUT2D eigenvalue weighted by Crippen LogP contribution is -2.39. The minimum absolute atomic E-state index is 0.137. The number of aromatic nitrogens is 1. The molecule has 1 fully saturated rings. The standard InChI is InChI=1S/C29H25Cl2N3O3/c30-23-9-4-6-18(26(23)31)19-7-3-8-21-27(19)32-17-22(28(21)34-12-15-36-16-13-34)29(35)33-24-11-14-37-25-10-2-1-5-20(24)25/h1-10,17,24H,11-16H2,(H,33,35)/t24-/m0/s1. The number of halogens is 2. The second kappa shape index (κ2) is 10.2. The van der Waals surface area contributed by atoms with Crippen molar-refractivity contribution in [1.82, 2.24) is 10.3 Å². The number of ether oxygens (including phenoxy) is 2. The van der Waals surface area contributed by atoms with Gasteiger partial charge in [0.05, 0.1) is 52.7 Å². The van der Waals surface area contributed by atoms with E-state index in [0.29, 0.717) is 54.9 Å². The van der Waals surface area contributed by atoms with Crippen molar-refractivity contribution in [3.05, 3.63) is 88.0 Å². The number of nitrogens with zero attached hydrogens (tertiary/aromatic N) is 2. The van der Waals surface area contributed by atoms with E-state index in [1.165, 1.54) is 0 Å². The molecule has 0 unspecified atom stereocenters. The molecule has 1 N–H and O–H groups in total. The van der Waals surface area contributed by atoms with Crippen molar-refractivity contribution in [2.24, 2.45) is 0 Å². The summed E-state index contributed by atoms with van der Waals surface area (Å²) in [5.41, 5.74) is 4.81. The van der Waals surface area contributed by atoms with Gasteiger partial charge >= 0.3 is 0 Å². The Morgan fingerprint density at radius 3 is 2.59 bits per heavy atom. The summed E-state index contributed by atoms with van der Waals surface area (Å²) in [7, 11) is 0. The van der Waals surface area contributed by atoms with E-state index in [0.717, 1.165) is 39.0 Å². The van der Waals surface area contributed by atoms with Gasteiger partial charge in [0.2, 0.25) is 0 Å². The van der Waals surface area contributed by atoms with E-state index in [4.69, 9.17) is 37.7 Å². The van der Waals surface area contributed by atoms with Crippen LogP contribution in [0.15, 0.2) is 66.9 Å². The Hall–Kier alpha value is -3.32. The molecular weight excluding hydrogens is 509 g/mol. The fourth-order valence-electron chi connectivity index (χ4n) is 5.16. The fraction of sp³-hybridized carbons (Fsp3) is 0.241. The number of carbonyl (C=O) groups is 1. The normalized spacial score (nSPS) is 17.2. The first-order chi connectivity index (χ1) is 18.1. The molecule has 188 valence electrons. The maximum Gasteiger partial charge on any atom is 0.255 e. The first kappa shape index (κ1) is 24.0. The summed E-state index contributed by atoms with van der Waals surface area (Å²) in [6.07, 6.45) is 2.38. The number of amides is 1. The summed E-state index contributed by atoms with van der Waals surface area (Å²) in [5.74, 6) is 0.649. The monoisotopic (exact) mass is 533 g/mol. The number of morpholine rings is 1. The van der Waals surface area contributed by atoms with E-state index in [-0.39, 0.29) is 11.9 Å². The van der Waals surface area contributed by atoms with Crippen molar-refractivity contribution in [2.45, 2.75) is 12.5 Å². The molecule has 0 aliphatic carbocycles. The van der Waals surface area contributed by atoms with E-state index in [1.807, 2.05) is 54.6 Å². The van der Waals surface area contributed by atoms with Crippen LogP contribution in [0.2, 0.25) is 10.0 Å². The summed E-state index contributed by atoms with van der Waals surface area (Å²) in [6, 6.07) is 19.2. The average Bonchev–Trinajstić information content (AvgIpc) is 2.94. The molecule has 2 aliphatic rings. The molecule has 1 atom stereocenters. The first-order valence-electron chi connectivity index (χ1n) is 12.3. The zero-order valence-corrected chi connectivity index (χ0v) is 21.6. The Morgan fingerprint density at radius 1 is 0.946 bits per heavy atom. The molecule has 0 radical (unpaired) electrons. The molecule has 1 aromatic heterocycles. The molecule has 3 heterocycles. The molecule has 2 aliphatic heterocycles. The number of carbonyl (C=O) groups excluding carboxylic acids is 1. The van der Waals surface area contributed by atoms with Gasteiger partial charge in [-0.2, -0.15) is 0 Å². The first-order valence-corrected chi connectivity index (χ1v) is 13.1. The van der Waals surface area contributed by atoms with Crippen LogP contribution >= 0.6 is 23.2 Å². The van der Waals surface area contributed by atoms with E-state index in [1.54, 1.807) is 12.3 Å². The minimum atomic E-state index is -0.163. The van der Waals surface area contributed by atoms with E-state index in [9.17, 15) is 4.79 Å². The maximum absolute atomic E-state index is 13.8. The van der Waals surface area contributed by atoms with Crippen LogP contribution < -0.4 is 15.0 Å². The third-order valence-electron chi connectivity index (χ3n) is 6.95. The van der Waals surface area contributed by atoms with Gasteiger partial charge in [-0.25, -0.2) is 0 Å². The van der Waals surface area contributed by atoms with Gasteiger partial charge in [-0.3, -0.25) is 9.78 Å². The molecule has 1 amide bonds. The van der Waals surface area contributed by atoms with Crippen molar-refractivity contribution in [3.63, 3.8) is 0 Å². The highest BCUT2D eigenvalue weighted by atomic mass is 35.5. The Bertz CT molecular complexity index is 1490. The molecule has 0 saturated carbocycles. The predicted octanol–water partition coefficient (Wildman–Crippen LogP) is 6.30. The van der Waals surface area contributed by atoms with Crippen LogP contribution in [0, 0.1) is 0 Å². The number of nitrogens with one attached hydrogen (secondary N) is 1.